The lowest BCUT2D eigenvalue weighted by molar-refractivity contribution is 0.0505. The zero-order valence-electron chi connectivity index (χ0n) is 19.0. The molecule has 0 spiro atoms. The molecule has 4 rings (SSSR count). The van der Waals surface area contributed by atoms with E-state index in [-0.39, 0.29) is 24.1 Å². The molecule has 170 valence electrons. The summed E-state index contributed by atoms with van der Waals surface area (Å²) in [5, 5.41) is 20.0. The van der Waals surface area contributed by atoms with Gasteiger partial charge < -0.3 is 14.7 Å². The summed E-state index contributed by atoms with van der Waals surface area (Å²) in [5.74, 6) is 0.0783. The van der Waals surface area contributed by atoms with Crippen LogP contribution in [0.2, 0.25) is 0 Å². The Morgan fingerprint density at radius 1 is 1.15 bits per heavy atom. The van der Waals surface area contributed by atoms with Crippen molar-refractivity contribution in [3.05, 3.63) is 80.9 Å². The number of amidine groups is 1. The molecular weight excluding hydrogens is 434 g/mol. The highest BCUT2D eigenvalue weighted by atomic mass is 32.1. The lowest BCUT2D eigenvalue weighted by atomic mass is 10.1. The number of carbonyl (C=O) groups is 1. The van der Waals surface area contributed by atoms with Gasteiger partial charge in [-0.3, -0.25) is 5.41 Å². The molecule has 0 fully saturated rings. The highest BCUT2D eigenvalue weighted by Crippen LogP contribution is 2.35. The lowest BCUT2D eigenvalue weighted by Crippen LogP contribution is -2.26. The van der Waals surface area contributed by atoms with Crippen molar-refractivity contribution in [3.8, 4) is 11.3 Å². The number of nitrogens with one attached hydrogen (secondary N) is 1. The number of carbonyl (C=O) groups excluding carboxylic acids is 1. The summed E-state index contributed by atoms with van der Waals surface area (Å²) >= 11 is 1.49. The third-order valence-corrected chi connectivity index (χ3v) is 6.51. The van der Waals surface area contributed by atoms with Crippen molar-refractivity contribution < 1.29 is 14.6 Å². The van der Waals surface area contributed by atoms with Gasteiger partial charge in [-0.1, -0.05) is 48.9 Å². The number of nitrogens with zero attached hydrogens (tertiary/aromatic N) is 2. The monoisotopic (exact) mass is 461 g/mol. The molecular formula is C26H27N3O3S. The van der Waals surface area contributed by atoms with E-state index in [0.717, 1.165) is 28.1 Å². The Labute approximate surface area is 197 Å². The van der Waals surface area contributed by atoms with Gasteiger partial charge in [-0.25, -0.2) is 9.78 Å². The maximum atomic E-state index is 12.0. The summed E-state index contributed by atoms with van der Waals surface area (Å²) < 4.78 is 5.17. The molecule has 3 aromatic rings. The fourth-order valence-corrected chi connectivity index (χ4v) is 4.72. The first-order valence-electron chi connectivity index (χ1n) is 10.9. The second kappa shape index (κ2) is 9.58. The van der Waals surface area contributed by atoms with Crippen LogP contribution in [-0.2, 0) is 11.3 Å². The minimum atomic E-state index is -0.331. The number of benzene rings is 2. The van der Waals surface area contributed by atoms with E-state index in [1.54, 1.807) is 17.0 Å². The highest BCUT2D eigenvalue weighted by molar-refractivity contribution is 7.13. The first-order chi connectivity index (χ1) is 15.9. The average molecular weight is 462 g/mol. The maximum absolute atomic E-state index is 12.0. The van der Waals surface area contributed by atoms with Crippen molar-refractivity contribution in [1.82, 2.24) is 9.88 Å². The molecule has 0 bridgehead atoms. The fourth-order valence-electron chi connectivity index (χ4n) is 3.72. The molecule has 0 amide bonds. The van der Waals surface area contributed by atoms with E-state index in [1.165, 1.54) is 16.9 Å². The third-order valence-electron chi connectivity index (χ3n) is 5.52. The quantitative estimate of drug-likeness (QED) is 0.437. The van der Waals surface area contributed by atoms with Crippen LogP contribution in [0.3, 0.4) is 0 Å². The molecule has 0 radical (unpaired) electrons. The second-order valence-corrected chi connectivity index (χ2v) is 9.35. The molecule has 0 saturated heterocycles. The van der Waals surface area contributed by atoms with Crippen molar-refractivity contribution >= 4 is 28.7 Å². The van der Waals surface area contributed by atoms with Crippen LogP contribution < -0.4 is 0 Å². The Morgan fingerprint density at radius 2 is 1.85 bits per heavy atom. The Balaban J connectivity index is 1.48. The molecule has 1 aliphatic heterocycles. The topological polar surface area (TPSA) is 86.5 Å². The van der Waals surface area contributed by atoms with E-state index in [4.69, 9.17) is 15.1 Å². The van der Waals surface area contributed by atoms with Crippen LogP contribution in [0.1, 0.15) is 44.7 Å². The fraction of sp³-hybridized carbons (Fsp3) is 0.269. The van der Waals surface area contributed by atoms with Gasteiger partial charge in [0.15, 0.2) is 0 Å². The van der Waals surface area contributed by atoms with E-state index in [2.05, 4.69) is 12.1 Å². The van der Waals surface area contributed by atoms with E-state index < -0.39 is 0 Å². The van der Waals surface area contributed by atoms with Gasteiger partial charge in [-0.15, -0.1) is 11.3 Å². The van der Waals surface area contributed by atoms with Gasteiger partial charge in [0.05, 0.1) is 30.0 Å². The van der Waals surface area contributed by atoms with Gasteiger partial charge in [0.25, 0.3) is 0 Å². The molecule has 0 unspecified atom stereocenters. The lowest BCUT2D eigenvalue weighted by Gasteiger charge is -2.18. The number of hydrogen-bond acceptors (Lipinski definition) is 6. The number of ether oxygens (including phenoxy) is 1. The van der Waals surface area contributed by atoms with Gasteiger partial charge in [0.1, 0.15) is 16.6 Å². The van der Waals surface area contributed by atoms with Crippen molar-refractivity contribution in [1.29, 1.82) is 5.41 Å². The number of aliphatic hydroxyl groups excluding tert-OH is 1. The normalized spacial score (nSPS) is 13.7. The molecule has 2 N–H and O–H groups in total. The number of rotatable bonds is 7. The molecule has 0 aliphatic carbocycles. The summed E-state index contributed by atoms with van der Waals surface area (Å²) in [7, 11) is 0. The van der Waals surface area contributed by atoms with E-state index in [0.29, 0.717) is 29.3 Å². The number of hydrogen-bond donors (Lipinski definition) is 2. The second-order valence-electron chi connectivity index (χ2n) is 8.15. The van der Waals surface area contributed by atoms with E-state index in [1.807, 2.05) is 45.0 Å². The van der Waals surface area contributed by atoms with Gasteiger partial charge in [0.2, 0.25) is 0 Å². The van der Waals surface area contributed by atoms with Crippen LogP contribution in [0, 0.1) is 19.3 Å². The van der Waals surface area contributed by atoms with Crippen molar-refractivity contribution in [2.75, 3.05) is 13.2 Å². The molecule has 0 atom stereocenters. The number of aromatic nitrogens is 1. The predicted octanol–water partition coefficient (Wildman–Crippen LogP) is 5.76. The van der Waals surface area contributed by atoms with Gasteiger partial charge in [-0.2, -0.15) is 0 Å². The van der Waals surface area contributed by atoms with Crippen molar-refractivity contribution in [2.45, 2.75) is 33.7 Å². The minimum absolute atomic E-state index is 0.156. The molecule has 7 heteroatoms. The molecule has 33 heavy (non-hydrogen) atoms. The Morgan fingerprint density at radius 3 is 2.52 bits per heavy atom. The number of aryl methyl sites for hydroxylation is 2. The van der Waals surface area contributed by atoms with Gasteiger partial charge in [0, 0.05) is 17.0 Å². The minimum Gasteiger partial charge on any atom is -0.510 e. The Hall–Kier alpha value is -3.45. The molecule has 6 nitrogen and oxygen atoms in total. The summed E-state index contributed by atoms with van der Waals surface area (Å²) in [4.78, 5) is 19.6. The number of esters is 1. The Bertz CT molecular complexity index is 1210. The zero-order valence-corrected chi connectivity index (χ0v) is 19.8. The predicted molar refractivity (Wildman–Crippen MR) is 132 cm³/mol. The largest absolute Gasteiger partial charge is 0.510 e. The molecule has 2 heterocycles. The van der Waals surface area contributed by atoms with Crippen LogP contribution in [0.25, 0.3) is 16.8 Å². The molecule has 2 aromatic carbocycles. The number of aliphatic hydroxyl groups is 1. The van der Waals surface area contributed by atoms with E-state index in [9.17, 15) is 9.90 Å². The van der Waals surface area contributed by atoms with Crippen LogP contribution >= 0.6 is 11.3 Å². The van der Waals surface area contributed by atoms with Gasteiger partial charge >= 0.3 is 5.97 Å². The summed E-state index contributed by atoms with van der Waals surface area (Å²) in [6.07, 6.45) is 0.783. The molecule has 0 saturated carbocycles. The van der Waals surface area contributed by atoms with Crippen LogP contribution in [0.4, 0.5) is 0 Å². The highest BCUT2D eigenvalue weighted by Gasteiger charge is 2.31. The third kappa shape index (κ3) is 4.83. The van der Waals surface area contributed by atoms with Crippen LogP contribution in [0.15, 0.2) is 54.3 Å². The Kier molecular flexibility index (Phi) is 6.60. The van der Waals surface area contributed by atoms with Crippen LogP contribution in [-0.4, -0.2) is 39.9 Å². The zero-order chi connectivity index (χ0) is 23.5. The number of thiazole rings is 1. The first-order valence-corrected chi connectivity index (χ1v) is 11.8. The van der Waals surface area contributed by atoms with Gasteiger partial charge in [-0.05, 0) is 38.0 Å². The average Bonchev–Trinajstić information content (AvgIpc) is 3.31. The SMILES string of the molecule is CCCOC(=O)c1ccc(CN2CC(O)=C(c3nc(-c4ccc(C)cc4)c(C)s3)C2=N)cc1. The summed E-state index contributed by atoms with van der Waals surface area (Å²) in [6.45, 7) is 7.12. The molecule has 1 aromatic heterocycles. The molecule has 1 aliphatic rings. The van der Waals surface area contributed by atoms with Crippen molar-refractivity contribution in [2.24, 2.45) is 0 Å². The first kappa shape index (κ1) is 22.7. The maximum Gasteiger partial charge on any atom is 0.338 e. The standard InChI is InChI=1S/C26H27N3O3S/c1-4-13-32-26(31)20-11-7-18(8-12-20)14-29-15-21(30)22(24(29)27)25-28-23(17(3)33-25)19-9-5-16(2)6-10-19/h5-12,27,30H,4,13-15H2,1-3H3. The van der Waals surface area contributed by atoms with Crippen LogP contribution in [0.5, 0.6) is 0 Å². The summed E-state index contributed by atoms with van der Waals surface area (Å²) in [5.41, 5.74) is 5.03. The van der Waals surface area contributed by atoms with E-state index >= 15 is 0 Å². The smallest absolute Gasteiger partial charge is 0.338 e. The summed E-state index contributed by atoms with van der Waals surface area (Å²) in [6, 6.07) is 15.4. The van der Waals surface area contributed by atoms with Crippen molar-refractivity contribution in [3.63, 3.8) is 0 Å².